The van der Waals surface area contributed by atoms with Crippen LogP contribution in [0.15, 0.2) is 27.3 Å². The van der Waals surface area contributed by atoms with Gasteiger partial charge in [-0.05, 0) is 41.0 Å². The molecule has 60 valence electrons. The third-order valence-electron chi connectivity index (χ3n) is 1.25. The highest BCUT2D eigenvalue weighted by atomic mass is 79.9. The zero-order valence-electron chi connectivity index (χ0n) is 6.09. The summed E-state index contributed by atoms with van der Waals surface area (Å²) in [5, 5.41) is 0. The Kier molecular flexibility index (Phi) is 3.39. The van der Waals surface area contributed by atoms with E-state index < -0.39 is 0 Å². The van der Waals surface area contributed by atoms with Gasteiger partial charge in [0, 0.05) is 0 Å². The Morgan fingerprint density at radius 1 is 1.64 bits per heavy atom. The minimum atomic E-state index is 0.675. The molecule has 0 unspecified atom stereocenters. The fourth-order valence-corrected chi connectivity index (χ4v) is 1.04. The number of hydrogen-bond acceptors (Lipinski definition) is 2. The molecule has 0 saturated heterocycles. The number of rotatable bonds is 3. The summed E-state index contributed by atoms with van der Waals surface area (Å²) in [6, 6.07) is 1.86. The van der Waals surface area contributed by atoms with Crippen LogP contribution in [0.2, 0.25) is 0 Å². The first-order valence-electron chi connectivity index (χ1n) is 3.44. The first-order chi connectivity index (χ1) is 5.34. The monoisotopic (exact) mass is 215 g/mol. The van der Waals surface area contributed by atoms with Gasteiger partial charge in [-0.1, -0.05) is 6.08 Å². The maximum atomic E-state index is 5.31. The van der Waals surface area contributed by atoms with E-state index >= 15 is 0 Å². The summed E-state index contributed by atoms with van der Waals surface area (Å²) < 4.78 is 6.11. The Hall–Kier alpha value is -0.540. The molecule has 0 saturated carbocycles. The Morgan fingerprint density at radius 2 is 2.45 bits per heavy atom. The molecule has 0 bridgehead atoms. The van der Waals surface area contributed by atoms with Gasteiger partial charge in [0.05, 0.1) is 10.7 Å². The van der Waals surface area contributed by atoms with Crippen LogP contribution < -0.4 is 5.73 Å². The molecule has 1 heterocycles. The van der Waals surface area contributed by atoms with E-state index in [1.165, 1.54) is 0 Å². The fourth-order valence-electron chi connectivity index (χ4n) is 0.711. The topological polar surface area (TPSA) is 39.2 Å². The summed E-state index contributed by atoms with van der Waals surface area (Å²) >= 11 is 3.34. The molecule has 0 aromatic carbocycles. The lowest BCUT2D eigenvalue weighted by molar-refractivity contribution is 0.555. The summed E-state index contributed by atoms with van der Waals surface area (Å²) in [6.07, 6.45) is 6.43. The molecule has 0 aliphatic heterocycles. The minimum Gasteiger partial charge on any atom is -0.464 e. The molecule has 2 nitrogen and oxygen atoms in total. The van der Waals surface area contributed by atoms with E-state index in [0.29, 0.717) is 6.54 Å². The predicted octanol–water partition coefficient (Wildman–Crippen LogP) is 2.40. The molecule has 0 amide bonds. The summed E-state index contributed by atoms with van der Waals surface area (Å²) in [7, 11) is 0. The molecule has 1 aromatic rings. The van der Waals surface area contributed by atoms with E-state index in [0.717, 1.165) is 16.7 Å². The van der Waals surface area contributed by atoms with Crippen LogP contribution in [0.3, 0.4) is 0 Å². The average molecular weight is 216 g/mol. The Balaban J connectivity index is 2.56. The quantitative estimate of drug-likeness (QED) is 0.842. The predicted molar refractivity (Wildman–Crippen MR) is 49.1 cm³/mol. The van der Waals surface area contributed by atoms with E-state index in [9.17, 15) is 0 Å². The van der Waals surface area contributed by atoms with Gasteiger partial charge in [0.15, 0.2) is 0 Å². The van der Waals surface area contributed by atoms with Gasteiger partial charge in [-0.2, -0.15) is 0 Å². The van der Waals surface area contributed by atoms with E-state index in [2.05, 4.69) is 15.9 Å². The van der Waals surface area contributed by atoms with E-state index in [-0.39, 0.29) is 0 Å². The van der Waals surface area contributed by atoms with Crippen molar-refractivity contribution < 1.29 is 4.42 Å². The number of halogens is 1. The molecule has 3 heteroatoms. The van der Waals surface area contributed by atoms with Crippen LogP contribution in [0.25, 0.3) is 6.08 Å². The highest BCUT2D eigenvalue weighted by molar-refractivity contribution is 9.10. The largest absolute Gasteiger partial charge is 0.464 e. The van der Waals surface area contributed by atoms with Gasteiger partial charge in [0.1, 0.15) is 5.76 Å². The van der Waals surface area contributed by atoms with Crippen molar-refractivity contribution in [3.05, 3.63) is 28.6 Å². The third kappa shape index (κ3) is 2.52. The summed E-state index contributed by atoms with van der Waals surface area (Å²) in [5.74, 6) is 0.846. The molecule has 1 aromatic heterocycles. The molecule has 0 aliphatic rings. The average Bonchev–Trinajstić information content (AvgIpc) is 2.37. The van der Waals surface area contributed by atoms with Gasteiger partial charge in [-0.15, -0.1) is 0 Å². The SMILES string of the molecule is NCCC=Cc1occc1Br. The highest BCUT2D eigenvalue weighted by Gasteiger charge is 1.95. The zero-order chi connectivity index (χ0) is 8.10. The van der Waals surface area contributed by atoms with Gasteiger partial charge >= 0.3 is 0 Å². The second kappa shape index (κ2) is 4.36. The summed E-state index contributed by atoms with van der Waals surface area (Å²) in [4.78, 5) is 0. The molecule has 0 fully saturated rings. The van der Waals surface area contributed by atoms with Crippen LogP contribution >= 0.6 is 15.9 Å². The van der Waals surface area contributed by atoms with Gasteiger partial charge in [0.2, 0.25) is 0 Å². The van der Waals surface area contributed by atoms with E-state index in [4.69, 9.17) is 10.2 Å². The number of nitrogens with two attached hydrogens (primary N) is 1. The molecule has 1 rings (SSSR count). The standard InChI is InChI=1S/C8H10BrNO/c9-7-4-6-11-8(7)3-1-2-5-10/h1,3-4,6H,2,5,10H2. The fraction of sp³-hybridized carbons (Fsp3) is 0.250. The van der Waals surface area contributed by atoms with Crippen LogP contribution in [0, 0.1) is 0 Å². The van der Waals surface area contributed by atoms with Crippen LogP contribution in [0.5, 0.6) is 0 Å². The van der Waals surface area contributed by atoms with E-state index in [1.54, 1.807) is 6.26 Å². The van der Waals surface area contributed by atoms with Crippen LogP contribution in [-0.2, 0) is 0 Å². The van der Waals surface area contributed by atoms with Crippen molar-refractivity contribution in [3.8, 4) is 0 Å². The van der Waals surface area contributed by atoms with Crippen molar-refractivity contribution in [3.63, 3.8) is 0 Å². The maximum Gasteiger partial charge on any atom is 0.140 e. The smallest absolute Gasteiger partial charge is 0.140 e. The number of furan rings is 1. The molecule has 2 N–H and O–H groups in total. The second-order valence-corrected chi connectivity index (χ2v) is 2.97. The third-order valence-corrected chi connectivity index (χ3v) is 1.90. The number of hydrogen-bond donors (Lipinski definition) is 1. The minimum absolute atomic E-state index is 0.675. The Bertz CT molecular complexity index is 242. The van der Waals surface area contributed by atoms with Gasteiger partial charge in [-0.25, -0.2) is 0 Å². The van der Waals surface area contributed by atoms with Crippen LogP contribution in [0.1, 0.15) is 12.2 Å². The highest BCUT2D eigenvalue weighted by Crippen LogP contribution is 2.18. The lowest BCUT2D eigenvalue weighted by Crippen LogP contribution is -1.94. The van der Waals surface area contributed by atoms with Gasteiger partial charge in [0.25, 0.3) is 0 Å². The normalized spacial score (nSPS) is 11.1. The Morgan fingerprint density at radius 3 is 3.00 bits per heavy atom. The van der Waals surface area contributed by atoms with Gasteiger partial charge < -0.3 is 10.2 Å². The summed E-state index contributed by atoms with van der Waals surface area (Å²) in [5.41, 5.74) is 5.31. The summed E-state index contributed by atoms with van der Waals surface area (Å²) in [6.45, 7) is 0.675. The van der Waals surface area contributed by atoms with Crippen molar-refractivity contribution in [2.75, 3.05) is 6.54 Å². The lowest BCUT2D eigenvalue weighted by Gasteiger charge is -1.86. The zero-order valence-corrected chi connectivity index (χ0v) is 7.67. The molecule has 0 spiro atoms. The van der Waals surface area contributed by atoms with Crippen LogP contribution in [-0.4, -0.2) is 6.54 Å². The molecule has 0 aliphatic carbocycles. The van der Waals surface area contributed by atoms with Crippen LogP contribution in [0.4, 0.5) is 0 Å². The Labute approximate surface area is 74.2 Å². The lowest BCUT2D eigenvalue weighted by atomic mass is 10.3. The molecule has 0 radical (unpaired) electrons. The van der Waals surface area contributed by atoms with Crippen molar-refractivity contribution in [1.29, 1.82) is 0 Å². The van der Waals surface area contributed by atoms with Crippen molar-refractivity contribution in [1.82, 2.24) is 0 Å². The van der Waals surface area contributed by atoms with Crippen molar-refractivity contribution in [2.45, 2.75) is 6.42 Å². The second-order valence-electron chi connectivity index (χ2n) is 2.11. The molecular formula is C8H10BrNO. The maximum absolute atomic E-state index is 5.31. The van der Waals surface area contributed by atoms with Gasteiger partial charge in [-0.3, -0.25) is 0 Å². The molecule has 11 heavy (non-hydrogen) atoms. The van der Waals surface area contributed by atoms with Crippen molar-refractivity contribution in [2.24, 2.45) is 5.73 Å². The molecular weight excluding hydrogens is 206 g/mol. The van der Waals surface area contributed by atoms with Crippen molar-refractivity contribution >= 4 is 22.0 Å². The first-order valence-corrected chi connectivity index (χ1v) is 4.23. The first kappa shape index (κ1) is 8.56. The molecule has 0 atom stereocenters. The van der Waals surface area contributed by atoms with E-state index in [1.807, 2.05) is 18.2 Å².